The van der Waals surface area contributed by atoms with Crippen LogP contribution in [0.3, 0.4) is 0 Å². The van der Waals surface area contributed by atoms with Crippen LogP contribution < -0.4 is 5.56 Å². The van der Waals surface area contributed by atoms with Crippen molar-refractivity contribution < 1.29 is 0 Å². The van der Waals surface area contributed by atoms with E-state index in [1.54, 1.807) is 39.6 Å². The quantitative estimate of drug-likeness (QED) is 0.509. The molecule has 0 aliphatic heterocycles. The Bertz CT molecular complexity index is 1040. The summed E-state index contributed by atoms with van der Waals surface area (Å²) in [4.78, 5) is 21.6. The van der Waals surface area contributed by atoms with Gasteiger partial charge in [0.15, 0.2) is 0 Å². The summed E-state index contributed by atoms with van der Waals surface area (Å²) in [6.45, 7) is 0.426. The van der Waals surface area contributed by atoms with Gasteiger partial charge in [0.05, 0.1) is 29.5 Å². The second-order valence-corrected chi connectivity index (χ2v) is 7.55. The summed E-state index contributed by atoms with van der Waals surface area (Å²) in [5, 5.41) is 7.68. The number of nitrogens with zero attached hydrogens (tertiary/aromatic N) is 3. The zero-order chi connectivity index (χ0) is 15.8. The van der Waals surface area contributed by atoms with Gasteiger partial charge in [-0.15, -0.1) is 11.3 Å². The Kier molecular flexibility index (Phi) is 3.84. The summed E-state index contributed by atoms with van der Waals surface area (Å²) in [7, 11) is 0. The van der Waals surface area contributed by atoms with Crippen molar-refractivity contribution in [3.63, 3.8) is 0 Å². The predicted molar refractivity (Wildman–Crippen MR) is 98.2 cm³/mol. The molecule has 0 spiro atoms. The third-order valence-electron chi connectivity index (χ3n) is 3.44. The smallest absolute Gasteiger partial charge is 0.261 e. The number of aromatic nitrogens is 3. The van der Waals surface area contributed by atoms with Crippen molar-refractivity contribution in [2.75, 3.05) is 0 Å². The first-order chi connectivity index (χ1) is 11.2. The second-order valence-electron chi connectivity index (χ2n) is 5.00. The number of fused-ring (bicyclic) bond motifs is 1. The van der Waals surface area contributed by atoms with Gasteiger partial charge in [0.2, 0.25) is 0 Å². The fraction of sp³-hybridized carbons (Fsp3) is 0.0625. The molecule has 0 N–H and O–H groups in total. The maximum atomic E-state index is 12.6. The molecule has 0 atom stereocenters. The lowest BCUT2D eigenvalue weighted by Crippen LogP contribution is -2.21. The lowest BCUT2D eigenvalue weighted by molar-refractivity contribution is 0.734. The molecule has 3 aromatic heterocycles. The van der Waals surface area contributed by atoms with Gasteiger partial charge < -0.3 is 0 Å². The predicted octanol–water partition coefficient (Wildman–Crippen LogP) is 4.39. The van der Waals surface area contributed by atoms with Gasteiger partial charge in [-0.2, -0.15) is 11.3 Å². The molecule has 1 aromatic carbocycles. The van der Waals surface area contributed by atoms with Crippen molar-refractivity contribution in [2.24, 2.45) is 0 Å². The van der Waals surface area contributed by atoms with Crippen LogP contribution in [0.1, 0.15) is 5.69 Å². The molecule has 0 fully saturated rings. The Labute approximate surface area is 148 Å². The molecule has 0 bridgehead atoms. The highest BCUT2D eigenvalue weighted by molar-refractivity contribution is 9.10. The maximum absolute atomic E-state index is 12.6. The molecule has 0 aliphatic carbocycles. The zero-order valence-corrected chi connectivity index (χ0v) is 15.0. The van der Waals surface area contributed by atoms with E-state index in [2.05, 4.69) is 37.3 Å². The monoisotopic (exact) mass is 403 g/mol. The summed E-state index contributed by atoms with van der Waals surface area (Å²) in [6, 6.07) is 7.57. The molecule has 0 saturated carbocycles. The molecule has 4 aromatic rings. The lowest BCUT2D eigenvalue weighted by Gasteiger charge is -2.05. The van der Waals surface area contributed by atoms with Crippen molar-refractivity contribution >= 4 is 49.5 Å². The van der Waals surface area contributed by atoms with Crippen LogP contribution in [0.2, 0.25) is 0 Å². The van der Waals surface area contributed by atoms with Crippen LogP contribution in [0.25, 0.3) is 21.5 Å². The van der Waals surface area contributed by atoms with E-state index in [-0.39, 0.29) is 5.56 Å². The highest BCUT2D eigenvalue weighted by atomic mass is 79.9. The molecule has 0 aliphatic rings. The summed E-state index contributed by atoms with van der Waals surface area (Å²) in [6.07, 6.45) is 1.59. The number of hydrogen-bond donors (Lipinski definition) is 0. The number of benzene rings is 1. The van der Waals surface area contributed by atoms with Gasteiger partial charge in [-0.05, 0) is 29.6 Å². The highest BCUT2D eigenvalue weighted by Gasteiger charge is 2.09. The fourth-order valence-corrected chi connectivity index (χ4v) is 4.20. The van der Waals surface area contributed by atoms with Crippen LogP contribution in [0.5, 0.6) is 0 Å². The van der Waals surface area contributed by atoms with Gasteiger partial charge in [0, 0.05) is 20.8 Å². The normalized spacial score (nSPS) is 11.2. The molecule has 0 saturated heterocycles. The molecular formula is C16H10BrN3OS2. The number of thiophene rings is 1. The SMILES string of the molecule is O=c1c2cc(Br)ccc2ncn1Cc1csc(-c2ccsc2)n1. The summed E-state index contributed by atoms with van der Waals surface area (Å²) in [5.74, 6) is 0. The average Bonchev–Trinajstić information content (AvgIpc) is 3.22. The molecule has 4 rings (SSSR count). The van der Waals surface area contributed by atoms with Crippen LogP contribution in [0.15, 0.2) is 56.0 Å². The standard InChI is InChI=1S/C16H10BrN3OS2/c17-11-1-2-14-13(5-11)16(21)20(9-18-14)6-12-8-23-15(19-12)10-3-4-22-7-10/h1-5,7-9H,6H2. The van der Waals surface area contributed by atoms with Gasteiger partial charge in [-0.25, -0.2) is 9.97 Å². The van der Waals surface area contributed by atoms with Gasteiger partial charge in [-0.1, -0.05) is 15.9 Å². The van der Waals surface area contributed by atoms with Gasteiger partial charge in [-0.3, -0.25) is 9.36 Å². The van der Waals surface area contributed by atoms with E-state index < -0.39 is 0 Å². The van der Waals surface area contributed by atoms with Crippen molar-refractivity contribution in [1.29, 1.82) is 0 Å². The number of rotatable bonds is 3. The van der Waals surface area contributed by atoms with Crippen molar-refractivity contribution in [3.8, 4) is 10.6 Å². The number of hydrogen-bond acceptors (Lipinski definition) is 5. The minimum absolute atomic E-state index is 0.0543. The third kappa shape index (κ3) is 2.87. The van der Waals surface area contributed by atoms with Crippen molar-refractivity contribution in [3.05, 3.63) is 67.3 Å². The molecule has 0 amide bonds. The largest absolute Gasteiger partial charge is 0.293 e. The van der Waals surface area contributed by atoms with Gasteiger partial charge >= 0.3 is 0 Å². The Morgan fingerprint density at radius 2 is 2.13 bits per heavy atom. The molecule has 23 heavy (non-hydrogen) atoms. The molecule has 0 radical (unpaired) electrons. The lowest BCUT2D eigenvalue weighted by atomic mass is 10.2. The summed E-state index contributed by atoms with van der Waals surface area (Å²) < 4.78 is 2.47. The van der Waals surface area contributed by atoms with Crippen LogP contribution in [-0.2, 0) is 6.54 Å². The fourth-order valence-electron chi connectivity index (χ4n) is 2.32. The van der Waals surface area contributed by atoms with Crippen LogP contribution in [0.4, 0.5) is 0 Å². The molecule has 114 valence electrons. The summed E-state index contributed by atoms with van der Waals surface area (Å²) >= 11 is 6.64. The topological polar surface area (TPSA) is 47.8 Å². The Hall–Kier alpha value is -1.83. The third-order valence-corrected chi connectivity index (χ3v) is 5.55. The first-order valence-electron chi connectivity index (χ1n) is 6.82. The van der Waals surface area contributed by atoms with E-state index in [0.717, 1.165) is 20.7 Å². The minimum atomic E-state index is -0.0543. The number of halogens is 1. The van der Waals surface area contributed by atoms with E-state index in [4.69, 9.17) is 0 Å². The second kappa shape index (κ2) is 5.99. The molecule has 3 heterocycles. The minimum Gasteiger partial charge on any atom is -0.293 e. The Balaban J connectivity index is 1.70. The molecule has 0 unspecified atom stereocenters. The van der Waals surface area contributed by atoms with Crippen molar-refractivity contribution in [2.45, 2.75) is 6.54 Å². The first kappa shape index (κ1) is 14.7. The average molecular weight is 404 g/mol. The van der Waals surface area contributed by atoms with Crippen LogP contribution in [-0.4, -0.2) is 14.5 Å². The van der Waals surface area contributed by atoms with E-state index in [0.29, 0.717) is 17.4 Å². The molecule has 7 heteroatoms. The van der Waals surface area contributed by atoms with Gasteiger partial charge in [0.1, 0.15) is 5.01 Å². The summed E-state index contributed by atoms with van der Waals surface area (Å²) in [5.41, 5.74) is 2.64. The molecule has 4 nitrogen and oxygen atoms in total. The van der Waals surface area contributed by atoms with E-state index in [1.807, 2.05) is 22.9 Å². The highest BCUT2D eigenvalue weighted by Crippen LogP contribution is 2.25. The zero-order valence-electron chi connectivity index (χ0n) is 11.8. The van der Waals surface area contributed by atoms with E-state index >= 15 is 0 Å². The number of thiazole rings is 1. The Morgan fingerprint density at radius 1 is 1.22 bits per heavy atom. The van der Waals surface area contributed by atoms with E-state index in [1.165, 1.54) is 0 Å². The Morgan fingerprint density at radius 3 is 2.96 bits per heavy atom. The maximum Gasteiger partial charge on any atom is 0.261 e. The van der Waals surface area contributed by atoms with E-state index in [9.17, 15) is 4.79 Å². The van der Waals surface area contributed by atoms with Crippen LogP contribution >= 0.6 is 38.6 Å². The first-order valence-corrected chi connectivity index (χ1v) is 9.44. The van der Waals surface area contributed by atoms with Crippen LogP contribution in [0, 0.1) is 0 Å². The van der Waals surface area contributed by atoms with Crippen molar-refractivity contribution in [1.82, 2.24) is 14.5 Å². The molecular weight excluding hydrogens is 394 g/mol. The van der Waals surface area contributed by atoms with Gasteiger partial charge in [0.25, 0.3) is 5.56 Å².